The van der Waals surface area contributed by atoms with Gasteiger partial charge in [0.2, 0.25) is 0 Å². The molecule has 2 unspecified atom stereocenters. The molecule has 1 fully saturated rings. The fourth-order valence-corrected chi connectivity index (χ4v) is 5.96. The van der Waals surface area contributed by atoms with Crippen LogP contribution in [-0.2, 0) is 27.2 Å². The Morgan fingerprint density at radius 1 is 0.917 bits per heavy atom. The Bertz CT molecular complexity index is 1080. The van der Waals surface area contributed by atoms with E-state index in [-0.39, 0.29) is 28.7 Å². The Morgan fingerprint density at radius 3 is 1.97 bits per heavy atom. The zero-order chi connectivity index (χ0) is 26.5. The summed E-state index contributed by atoms with van der Waals surface area (Å²) in [7, 11) is 3.80. The lowest BCUT2D eigenvalue weighted by Crippen LogP contribution is -2.44. The van der Waals surface area contributed by atoms with E-state index in [0.29, 0.717) is 18.2 Å². The first-order valence-corrected chi connectivity index (χ1v) is 13.5. The standard InChI is InChI=1S/C28H46N6O2/c1-8-10-12-33-16-14-31(6)25(33)23(35)29-21-28(5)19-22(18-27(3,4)20-28)30-24(36)26-32(7)15-17-34(26)13-11-9-2/h14-17,22H,8-13,18-21H2,1-7H3. The van der Waals surface area contributed by atoms with Crippen molar-refractivity contribution in [1.29, 1.82) is 0 Å². The number of unbranched alkanes of at least 4 members (excludes halogenated alkanes) is 2. The third kappa shape index (κ3) is 6.77. The van der Waals surface area contributed by atoms with Gasteiger partial charge in [0, 0.05) is 6.54 Å². The highest BCUT2D eigenvalue weighted by Gasteiger charge is 2.41. The molecule has 2 atom stereocenters. The number of aryl methyl sites for hydroxylation is 4. The van der Waals surface area contributed by atoms with Crippen molar-refractivity contribution in [3.63, 3.8) is 0 Å². The van der Waals surface area contributed by atoms with Gasteiger partial charge in [0.05, 0.1) is 45.0 Å². The lowest BCUT2D eigenvalue weighted by Gasteiger charge is -2.45. The topological polar surface area (TPSA) is 88.5 Å². The zero-order valence-corrected chi connectivity index (χ0v) is 23.5. The molecule has 3 rings (SSSR count). The minimum Gasteiger partial charge on any atom is -0.853 e. The first kappa shape index (κ1) is 27.9. The van der Waals surface area contributed by atoms with Gasteiger partial charge in [-0.3, -0.25) is 9.98 Å². The molecule has 8 heteroatoms. The van der Waals surface area contributed by atoms with Crippen LogP contribution < -0.4 is 19.3 Å². The van der Waals surface area contributed by atoms with Crippen molar-refractivity contribution in [2.24, 2.45) is 34.9 Å². The molecule has 0 aliphatic heterocycles. The van der Waals surface area contributed by atoms with Gasteiger partial charge in [-0.2, -0.15) is 0 Å². The molecule has 36 heavy (non-hydrogen) atoms. The smallest absolute Gasteiger partial charge is 0.291 e. The molecule has 0 amide bonds. The van der Waals surface area contributed by atoms with Crippen LogP contribution in [0.25, 0.3) is 0 Å². The Kier molecular flexibility index (Phi) is 9.01. The fraction of sp³-hybridized carbons (Fsp3) is 0.714. The first-order valence-electron chi connectivity index (χ1n) is 13.5. The van der Waals surface area contributed by atoms with E-state index in [0.717, 1.165) is 58.0 Å². The van der Waals surface area contributed by atoms with Crippen LogP contribution in [0.15, 0.2) is 34.8 Å². The van der Waals surface area contributed by atoms with Gasteiger partial charge in [0.15, 0.2) is 0 Å². The third-order valence-corrected chi connectivity index (χ3v) is 7.37. The van der Waals surface area contributed by atoms with Gasteiger partial charge in [0.1, 0.15) is 24.8 Å². The summed E-state index contributed by atoms with van der Waals surface area (Å²) in [6, 6.07) is -0.0874. The highest BCUT2D eigenvalue weighted by atomic mass is 16.3. The maximum atomic E-state index is 13.3. The van der Waals surface area contributed by atoms with Crippen molar-refractivity contribution >= 4 is 11.8 Å². The number of nitrogens with zero attached hydrogens (tertiary/aromatic N) is 6. The maximum Gasteiger partial charge on any atom is 0.291 e. The number of rotatable bonds is 11. The van der Waals surface area contributed by atoms with E-state index in [1.165, 1.54) is 0 Å². The summed E-state index contributed by atoms with van der Waals surface area (Å²) in [6.45, 7) is 13.0. The fourth-order valence-electron chi connectivity index (χ4n) is 5.96. The van der Waals surface area contributed by atoms with Gasteiger partial charge < -0.3 is 10.2 Å². The molecule has 0 radical (unpaired) electrons. The molecular formula is C28H46N6O2. The third-order valence-electron chi connectivity index (χ3n) is 7.37. The number of aromatic nitrogens is 4. The molecule has 0 aromatic carbocycles. The van der Waals surface area contributed by atoms with Crippen molar-refractivity contribution in [2.75, 3.05) is 6.54 Å². The number of imidazole rings is 2. The Hall–Kier alpha value is -2.64. The van der Waals surface area contributed by atoms with E-state index in [4.69, 9.17) is 4.99 Å². The molecule has 1 aliphatic rings. The summed E-state index contributed by atoms with van der Waals surface area (Å²) in [5.74, 6) is 0.929. The number of hydrogen-bond acceptors (Lipinski definition) is 4. The van der Waals surface area contributed by atoms with Crippen LogP contribution in [0, 0.1) is 10.8 Å². The van der Waals surface area contributed by atoms with Gasteiger partial charge in [-0.15, -0.1) is 0 Å². The van der Waals surface area contributed by atoms with Gasteiger partial charge >= 0.3 is 0 Å². The summed E-state index contributed by atoms with van der Waals surface area (Å²) in [5, 5.41) is 26.4. The molecule has 0 bridgehead atoms. The Labute approximate surface area is 217 Å². The molecule has 0 N–H and O–H groups in total. The summed E-state index contributed by atoms with van der Waals surface area (Å²) in [5.41, 5.74) is -0.184. The molecule has 0 saturated heterocycles. The second-order valence-corrected chi connectivity index (χ2v) is 11.8. The van der Waals surface area contributed by atoms with Crippen LogP contribution in [-0.4, -0.2) is 33.5 Å². The predicted octanol–water partition coefficient (Wildman–Crippen LogP) is 2.04. The van der Waals surface area contributed by atoms with Gasteiger partial charge in [0.25, 0.3) is 11.6 Å². The largest absolute Gasteiger partial charge is 0.853 e. The van der Waals surface area contributed by atoms with Crippen molar-refractivity contribution < 1.29 is 19.3 Å². The van der Waals surface area contributed by atoms with Crippen LogP contribution in [0.1, 0.15) is 91.2 Å². The quantitative estimate of drug-likeness (QED) is 0.270. The lowest BCUT2D eigenvalue weighted by molar-refractivity contribution is -0.674. The molecule has 200 valence electrons. The Morgan fingerprint density at radius 2 is 1.44 bits per heavy atom. The van der Waals surface area contributed by atoms with Gasteiger partial charge in [-0.05, 0) is 42.9 Å². The maximum absolute atomic E-state index is 13.3. The van der Waals surface area contributed by atoms with E-state index in [2.05, 4.69) is 39.6 Å². The van der Waals surface area contributed by atoms with E-state index >= 15 is 0 Å². The SMILES string of the molecule is CCCCn1cc[n+](C)c1C([O-])=NCC1(C)CC(N=C([O-])c2n(CCCC)cc[n+]2C)CC(C)(C)C1. The summed E-state index contributed by atoms with van der Waals surface area (Å²) in [4.78, 5) is 9.29. The van der Waals surface area contributed by atoms with Gasteiger partial charge in [-0.1, -0.05) is 47.5 Å². The molecule has 0 spiro atoms. The molecule has 8 nitrogen and oxygen atoms in total. The van der Waals surface area contributed by atoms with E-state index in [1.807, 2.05) is 57.2 Å². The van der Waals surface area contributed by atoms with Crippen molar-refractivity contribution in [2.45, 2.75) is 98.7 Å². The van der Waals surface area contributed by atoms with Crippen molar-refractivity contribution in [3.8, 4) is 0 Å². The predicted molar refractivity (Wildman–Crippen MR) is 138 cm³/mol. The van der Waals surface area contributed by atoms with Crippen molar-refractivity contribution in [3.05, 3.63) is 36.4 Å². The second-order valence-electron chi connectivity index (χ2n) is 11.8. The van der Waals surface area contributed by atoms with Crippen LogP contribution in [0.3, 0.4) is 0 Å². The van der Waals surface area contributed by atoms with Crippen molar-refractivity contribution in [1.82, 2.24) is 9.13 Å². The molecule has 1 saturated carbocycles. The van der Waals surface area contributed by atoms with Crippen LogP contribution in [0.2, 0.25) is 0 Å². The molecule has 2 aromatic rings. The van der Waals surface area contributed by atoms with E-state index in [9.17, 15) is 10.2 Å². The summed E-state index contributed by atoms with van der Waals surface area (Å²) < 4.78 is 7.76. The highest BCUT2D eigenvalue weighted by molar-refractivity contribution is 5.86. The summed E-state index contributed by atoms with van der Waals surface area (Å²) >= 11 is 0. The Balaban J connectivity index is 1.81. The summed E-state index contributed by atoms with van der Waals surface area (Å²) in [6.07, 6.45) is 14.5. The van der Waals surface area contributed by atoms with E-state index in [1.54, 1.807) is 0 Å². The minimum absolute atomic E-state index is 0.0123. The molecule has 2 heterocycles. The van der Waals surface area contributed by atoms with E-state index < -0.39 is 0 Å². The van der Waals surface area contributed by atoms with Crippen LogP contribution >= 0.6 is 0 Å². The lowest BCUT2D eigenvalue weighted by atomic mass is 9.63. The molecular weight excluding hydrogens is 452 g/mol. The highest BCUT2D eigenvalue weighted by Crippen LogP contribution is 2.47. The molecule has 1 aliphatic carbocycles. The monoisotopic (exact) mass is 498 g/mol. The van der Waals surface area contributed by atoms with Crippen LogP contribution in [0.5, 0.6) is 0 Å². The number of hydrogen-bond donors (Lipinski definition) is 0. The van der Waals surface area contributed by atoms with Gasteiger partial charge in [-0.25, -0.2) is 18.3 Å². The first-order chi connectivity index (χ1) is 17.0. The second kappa shape index (κ2) is 11.6. The number of aliphatic imine (C=N–C) groups is 2. The zero-order valence-electron chi connectivity index (χ0n) is 23.5. The van der Waals surface area contributed by atoms with Crippen LogP contribution in [0.4, 0.5) is 0 Å². The molecule has 2 aromatic heterocycles. The average molecular weight is 499 g/mol. The minimum atomic E-state index is -0.197. The normalized spacial score (nSPS) is 22.8. The average Bonchev–Trinajstić information content (AvgIpc) is 3.35.